The highest BCUT2D eigenvalue weighted by Gasteiger charge is 2.38. The molecule has 15 heteroatoms. The van der Waals surface area contributed by atoms with Gasteiger partial charge in [0, 0.05) is 51.6 Å². The van der Waals surface area contributed by atoms with Gasteiger partial charge in [-0.15, -0.1) is 0 Å². The molecule has 4 heterocycles. The second-order valence-electron chi connectivity index (χ2n) is 8.70. The van der Waals surface area contributed by atoms with Crippen LogP contribution in [0, 0.1) is 0 Å². The maximum atomic E-state index is 13.0. The number of H-pyrrole nitrogens is 1. The molecule has 37 heavy (non-hydrogen) atoms. The molecule has 2 aliphatic rings. The van der Waals surface area contributed by atoms with E-state index in [0.717, 1.165) is 12.4 Å². The summed E-state index contributed by atoms with van der Waals surface area (Å²) >= 11 is 3.16. The Bertz CT molecular complexity index is 1130. The van der Waals surface area contributed by atoms with Gasteiger partial charge in [0.25, 0.3) is 11.5 Å². The van der Waals surface area contributed by atoms with Crippen LogP contribution >= 0.6 is 15.9 Å². The van der Waals surface area contributed by atoms with E-state index in [1.54, 1.807) is 4.90 Å². The molecule has 0 bridgehead atoms. The number of carbonyl (C=O) groups is 1. The third-order valence-corrected chi connectivity index (χ3v) is 6.99. The number of halogens is 4. The van der Waals surface area contributed by atoms with Crippen LogP contribution in [0.15, 0.2) is 27.9 Å². The average Bonchev–Trinajstić information content (AvgIpc) is 3.25. The summed E-state index contributed by atoms with van der Waals surface area (Å²) in [6.07, 6.45) is -0.944. The molecule has 0 saturated carbocycles. The highest BCUT2D eigenvalue weighted by Crippen LogP contribution is 2.30. The van der Waals surface area contributed by atoms with Crippen LogP contribution in [0.4, 0.5) is 19.1 Å². The quantitative estimate of drug-likeness (QED) is 0.467. The lowest BCUT2D eigenvalue weighted by Crippen LogP contribution is -2.47. The van der Waals surface area contributed by atoms with Crippen molar-refractivity contribution >= 4 is 27.8 Å². The van der Waals surface area contributed by atoms with Crippen molar-refractivity contribution in [2.75, 3.05) is 44.9 Å². The zero-order chi connectivity index (χ0) is 26.6. The third kappa shape index (κ3) is 6.57. The Kier molecular flexibility index (Phi) is 8.64. The molecular formula is C22H26BrF3N6O5. The normalized spacial score (nSPS) is 19.9. The smallest absolute Gasteiger partial charge is 0.419 e. The molecule has 0 aliphatic carbocycles. The highest BCUT2D eigenvalue weighted by atomic mass is 79.9. The van der Waals surface area contributed by atoms with Crippen LogP contribution in [0.5, 0.6) is 5.75 Å². The van der Waals surface area contributed by atoms with Crippen molar-refractivity contribution in [2.24, 2.45) is 0 Å². The number of hydrogen-bond donors (Lipinski definition) is 1. The van der Waals surface area contributed by atoms with Gasteiger partial charge in [-0.2, -0.15) is 18.3 Å². The zero-order valence-electron chi connectivity index (χ0n) is 19.9. The maximum absolute atomic E-state index is 13.0. The first-order chi connectivity index (χ1) is 17.7. The van der Waals surface area contributed by atoms with Crippen LogP contribution in [0.1, 0.15) is 24.8 Å². The van der Waals surface area contributed by atoms with Gasteiger partial charge in [0.2, 0.25) is 5.95 Å². The van der Waals surface area contributed by atoms with Crippen LogP contribution in [-0.2, 0) is 20.4 Å². The summed E-state index contributed by atoms with van der Waals surface area (Å²) in [5, 5.41) is 6.00. The standard InChI is InChI=1S/C22H26BrF3N6O5/c1-35-11-15(37-17-10-29-30-19(33)18(17)23)12-36-16-4-7-32(20(16)34)14-2-5-31(6-3-14)21-27-8-13(9-28-21)22(24,25)26/h8-10,14-16H,2-7,11-12H2,1H3,(H,30,33)/t15-,16-/m0/s1. The van der Waals surface area contributed by atoms with Crippen LogP contribution < -0.4 is 15.2 Å². The summed E-state index contributed by atoms with van der Waals surface area (Å²) in [6, 6.07) is -0.00380. The molecule has 11 nitrogen and oxygen atoms in total. The monoisotopic (exact) mass is 590 g/mol. The fourth-order valence-electron chi connectivity index (χ4n) is 4.35. The SMILES string of the molecule is COC[C@@H](CO[C@H]1CCN(C2CCN(c3ncc(C(F)(F)F)cn3)CC2)C1=O)Oc1cn[nH]c(=O)c1Br. The molecular weight excluding hydrogens is 565 g/mol. The zero-order valence-corrected chi connectivity index (χ0v) is 21.5. The second kappa shape index (κ2) is 11.7. The van der Waals surface area contributed by atoms with E-state index in [1.807, 2.05) is 4.90 Å². The number of anilines is 1. The number of rotatable bonds is 9. The number of amides is 1. The molecule has 2 aromatic rings. The minimum atomic E-state index is -4.48. The lowest BCUT2D eigenvalue weighted by Gasteiger charge is -2.36. The molecule has 0 unspecified atom stereocenters. The number of carbonyl (C=O) groups excluding carboxylic acids is 1. The van der Waals surface area contributed by atoms with Crippen LogP contribution in [0.25, 0.3) is 0 Å². The summed E-state index contributed by atoms with van der Waals surface area (Å²) in [6.45, 7) is 1.84. The van der Waals surface area contributed by atoms with E-state index in [-0.39, 0.29) is 41.3 Å². The Hall–Kier alpha value is -2.78. The molecule has 0 radical (unpaired) electrons. The molecule has 2 atom stereocenters. The number of ether oxygens (including phenoxy) is 3. The Balaban J connectivity index is 1.28. The Morgan fingerprint density at radius 2 is 1.81 bits per heavy atom. The molecule has 0 aromatic carbocycles. The number of hydrogen-bond acceptors (Lipinski definition) is 9. The van der Waals surface area contributed by atoms with Gasteiger partial charge in [-0.1, -0.05) is 0 Å². The molecule has 4 rings (SSSR count). The van der Waals surface area contributed by atoms with E-state index >= 15 is 0 Å². The lowest BCUT2D eigenvalue weighted by molar-refractivity contribution is -0.141. The molecule has 1 amide bonds. The molecule has 2 fully saturated rings. The van der Waals surface area contributed by atoms with Crippen molar-refractivity contribution in [1.29, 1.82) is 0 Å². The molecule has 2 saturated heterocycles. The summed E-state index contributed by atoms with van der Waals surface area (Å²) < 4.78 is 55.3. The van der Waals surface area contributed by atoms with Gasteiger partial charge in [0.1, 0.15) is 16.7 Å². The van der Waals surface area contributed by atoms with Crippen LogP contribution in [0.2, 0.25) is 0 Å². The topological polar surface area (TPSA) is 123 Å². The van der Waals surface area contributed by atoms with Crippen molar-refractivity contribution in [3.05, 3.63) is 39.0 Å². The third-order valence-electron chi connectivity index (χ3n) is 6.24. The summed E-state index contributed by atoms with van der Waals surface area (Å²) in [7, 11) is 1.51. The first kappa shape index (κ1) is 27.3. The summed E-state index contributed by atoms with van der Waals surface area (Å²) in [5.41, 5.74) is -1.33. The van der Waals surface area contributed by atoms with E-state index in [0.29, 0.717) is 38.9 Å². The second-order valence-corrected chi connectivity index (χ2v) is 9.50. The van der Waals surface area contributed by atoms with Gasteiger partial charge in [-0.25, -0.2) is 15.1 Å². The summed E-state index contributed by atoms with van der Waals surface area (Å²) in [4.78, 5) is 36.1. The number of methoxy groups -OCH3 is 1. The molecule has 2 aliphatic heterocycles. The van der Waals surface area contributed by atoms with Crippen LogP contribution in [-0.4, -0.2) is 89.2 Å². The molecule has 202 valence electrons. The fraction of sp³-hybridized carbons (Fsp3) is 0.591. The van der Waals surface area contributed by atoms with Gasteiger partial charge in [0.05, 0.1) is 25.0 Å². The maximum Gasteiger partial charge on any atom is 0.419 e. The van der Waals surface area contributed by atoms with E-state index < -0.39 is 29.5 Å². The molecule has 1 N–H and O–H groups in total. The van der Waals surface area contributed by atoms with E-state index in [9.17, 15) is 22.8 Å². The minimum absolute atomic E-state index is 0.00380. The largest absolute Gasteiger partial charge is 0.483 e. The van der Waals surface area contributed by atoms with Crippen molar-refractivity contribution in [2.45, 2.75) is 43.7 Å². The number of alkyl halides is 3. The number of nitrogens with zero attached hydrogens (tertiary/aromatic N) is 5. The first-order valence-electron chi connectivity index (χ1n) is 11.6. The van der Waals surface area contributed by atoms with Gasteiger partial charge in [-0.05, 0) is 28.8 Å². The van der Waals surface area contributed by atoms with Gasteiger partial charge >= 0.3 is 6.18 Å². The van der Waals surface area contributed by atoms with Gasteiger partial charge < -0.3 is 24.0 Å². The number of nitrogens with one attached hydrogen (secondary N) is 1. The molecule has 0 spiro atoms. The van der Waals surface area contributed by atoms with Crippen molar-refractivity contribution in [3.63, 3.8) is 0 Å². The van der Waals surface area contributed by atoms with E-state index in [4.69, 9.17) is 14.2 Å². The lowest BCUT2D eigenvalue weighted by atomic mass is 10.0. The number of aromatic amines is 1. The van der Waals surface area contributed by atoms with Gasteiger partial charge in [-0.3, -0.25) is 9.59 Å². The predicted octanol–water partition coefficient (Wildman–Crippen LogP) is 2.02. The van der Waals surface area contributed by atoms with Gasteiger partial charge in [0.15, 0.2) is 5.75 Å². The fourth-order valence-corrected chi connectivity index (χ4v) is 4.64. The first-order valence-corrected chi connectivity index (χ1v) is 12.4. The number of piperidine rings is 1. The Labute approximate surface area is 218 Å². The Morgan fingerprint density at radius 3 is 2.46 bits per heavy atom. The van der Waals surface area contributed by atoms with Crippen LogP contribution in [0.3, 0.4) is 0 Å². The minimum Gasteiger partial charge on any atom is -0.483 e. The summed E-state index contributed by atoms with van der Waals surface area (Å²) in [5.74, 6) is 0.365. The van der Waals surface area contributed by atoms with Crippen molar-refractivity contribution < 1.29 is 32.2 Å². The van der Waals surface area contributed by atoms with E-state index in [1.165, 1.54) is 13.3 Å². The van der Waals surface area contributed by atoms with E-state index in [2.05, 4.69) is 36.1 Å². The number of likely N-dealkylation sites (tertiary alicyclic amines) is 1. The number of aromatic nitrogens is 4. The van der Waals surface area contributed by atoms with Crippen molar-refractivity contribution in [3.8, 4) is 5.75 Å². The average molecular weight is 591 g/mol. The van der Waals surface area contributed by atoms with Crippen molar-refractivity contribution in [1.82, 2.24) is 25.1 Å². The Morgan fingerprint density at radius 1 is 1.11 bits per heavy atom. The highest BCUT2D eigenvalue weighted by molar-refractivity contribution is 9.10. The predicted molar refractivity (Wildman–Crippen MR) is 127 cm³/mol. The molecule has 2 aromatic heterocycles.